The molecule has 0 aliphatic heterocycles. The predicted molar refractivity (Wildman–Crippen MR) is 82.3 cm³/mol. The van der Waals surface area contributed by atoms with Crippen LogP contribution in [0.3, 0.4) is 0 Å². The van der Waals surface area contributed by atoms with Crippen molar-refractivity contribution in [3.05, 3.63) is 65.6 Å². The van der Waals surface area contributed by atoms with Gasteiger partial charge in [0.25, 0.3) is 5.91 Å². The number of hydrogen-bond acceptors (Lipinski definition) is 4. The van der Waals surface area contributed by atoms with E-state index >= 15 is 0 Å². The molecule has 0 spiro atoms. The monoisotopic (exact) mass is 384 g/mol. The van der Waals surface area contributed by atoms with E-state index in [9.17, 15) is 26.7 Å². The van der Waals surface area contributed by atoms with E-state index in [1.807, 2.05) is 0 Å². The summed E-state index contributed by atoms with van der Waals surface area (Å²) in [7, 11) is 0. The second kappa shape index (κ2) is 6.67. The maximum atomic E-state index is 13.8. The molecule has 0 aliphatic carbocycles. The van der Waals surface area contributed by atoms with E-state index in [0.717, 1.165) is 30.5 Å². The number of amides is 1. The molecule has 1 aromatic carbocycles. The number of alkyl halides is 3. The van der Waals surface area contributed by atoms with E-state index in [0.29, 0.717) is 6.20 Å². The minimum Gasteiger partial charge on any atom is -0.505 e. The average molecular weight is 384 g/mol. The summed E-state index contributed by atoms with van der Waals surface area (Å²) in [5, 5.41) is 14.6. The van der Waals surface area contributed by atoms with E-state index in [2.05, 4.69) is 15.4 Å². The Labute approximate surface area is 147 Å². The minimum absolute atomic E-state index is 0.168. The van der Waals surface area contributed by atoms with Crippen molar-refractivity contribution in [3.8, 4) is 11.6 Å². The first kappa shape index (κ1) is 18.3. The van der Waals surface area contributed by atoms with Crippen LogP contribution in [0.2, 0.25) is 0 Å². The lowest BCUT2D eigenvalue weighted by atomic mass is 10.2. The van der Waals surface area contributed by atoms with Gasteiger partial charge in [0.2, 0.25) is 0 Å². The summed E-state index contributed by atoms with van der Waals surface area (Å²) < 4.78 is 67.8. The summed E-state index contributed by atoms with van der Waals surface area (Å²) >= 11 is 0. The molecule has 0 fully saturated rings. The molecule has 0 unspecified atom stereocenters. The fraction of sp³-hybridized carbons (Fsp3) is 0.0625. The Morgan fingerprint density at radius 2 is 1.89 bits per heavy atom. The van der Waals surface area contributed by atoms with Crippen LogP contribution >= 0.6 is 0 Å². The van der Waals surface area contributed by atoms with Crippen molar-refractivity contribution in [1.82, 2.24) is 14.8 Å². The second-order valence-electron chi connectivity index (χ2n) is 5.25. The van der Waals surface area contributed by atoms with Crippen LogP contribution in [0.1, 0.15) is 16.1 Å². The zero-order chi connectivity index (χ0) is 19.8. The first-order chi connectivity index (χ1) is 12.7. The minimum atomic E-state index is -5.06. The second-order valence-corrected chi connectivity index (χ2v) is 5.25. The largest absolute Gasteiger partial charge is 0.505 e. The van der Waals surface area contributed by atoms with Gasteiger partial charge in [0.15, 0.2) is 28.9 Å². The number of anilines is 1. The maximum Gasteiger partial charge on any atom is 0.434 e. The fourth-order valence-electron chi connectivity index (χ4n) is 2.26. The highest BCUT2D eigenvalue weighted by molar-refractivity contribution is 6.05. The lowest BCUT2D eigenvalue weighted by Crippen LogP contribution is -2.21. The number of rotatable bonds is 3. The molecule has 6 nitrogen and oxygen atoms in total. The molecular formula is C16H9F5N4O2. The standard InChI is InChI=1S/C16H9F5N4O2/c17-10-2-1-5-22-14(10)25-13(16(19,20)21)9(7-23-25)15(27)24-8-3-4-12(26)11(18)6-8/h1-7,26H,(H,24,27). The zero-order valence-electron chi connectivity index (χ0n) is 13.1. The molecular weight excluding hydrogens is 375 g/mol. The van der Waals surface area contributed by atoms with Crippen LogP contribution in [0.5, 0.6) is 5.75 Å². The number of carbonyl (C=O) groups is 1. The van der Waals surface area contributed by atoms with Gasteiger partial charge in [-0.2, -0.15) is 18.3 Å². The number of nitrogens with one attached hydrogen (secondary N) is 1. The van der Waals surface area contributed by atoms with Gasteiger partial charge in [-0.15, -0.1) is 0 Å². The molecule has 0 bridgehead atoms. The average Bonchev–Trinajstić information content (AvgIpc) is 3.04. The van der Waals surface area contributed by atoms with Gasteiger partial charge >= 0.3 is 6.18 Å². The van der Waals surface area contributed by atoms with E-state index < -0.39 is 46.5 Å². The van der Waals surface area contributed by atoms with Crippen molar-refractivity contribution in [2.45, 2.75) is 6.18 Å². The van der Waals surface area contributed by atoms with Crippen molar-refractivity contribution in [3.63, 3.8) is 0 Å². The van der Waals surface area contributed by atoms with Crippen molar-refractivity contribution in [2.24, 2.45) is 0 Å². The van der Waals surface area contributed by atoms with Crippen molar-refractivity contribution >= 4 is 11.6 Å². The van der Waals surface area contributed by atoms with Crippen LogP contribution in [0, 0.1) is 11.6 Å². The molecule has 140 valence electrons. The Kier molecular flexibility index (Phi) is 4.52. The summed E-state index contributed by atoms with van der Waals surface area (Å²) in [6.45, 7) is 0. The Bertz CT molecular complexity index is 1020. The number of aromatic nitrogens is 3. The smallest absolute Gasteiger partial charge is 0.434 e. The third-order valence-corrected chi connectivity index (χ3v) is 3.43. The molecule has 3 rings (SSSR count). The number of phenolic OH excluding ortho intramolecular Hbond substituents is 1. The first-order valence-electron chi connectivity index (χ1n) is 7.24. The van der Waals surface area contributed by atoms with Gasteiger partial charge in [-0.3, -0.25) is 4.79 Å². The SMILES string of the molecule is O=C(Nc1ccc(O)c(F)c1)c1cnn(-c2ncccc2F)c1C(F)(F)F. The number of hydrogen-bond donors (Lipinski definition) is 2. The molecule has 0 radical (unpaired) electrons. The molecule has 2 N–H and O–H groups in total. The van der Waals surface area contributed by atoms with E-state index in [1.54, 1.807) is 0 Å². The molecule has 1 amide bonds. The molecule has 2 heterocycles. The molecule has 27 heavy (non-hydrogen) atoms. The Hall–Kier alpha value is -3.50. The third kappa shape index (κ3) is 3.57. The molecule has 0 aliphatic rings. The molecule has 0 atom stereocenters. The van der Waals surface area contributed by atoms with Crippen molar-refractivity contribution < 1.29 is 31.9 Å². The lowest BCUT2D eigenvalue weighted by Gasteiger charge is -2.12. The van der Waals surface area contributed by atoms with E-state index in [1.165, 1.54) is 6.07 Å². The van der Waals surface area contributed by atoms with Gasteiger partial charge in [0.1, 0.15) is 0 Å². The highest BCUT2D eigenvalue weighted by atomic mass is 19.4. The summed E-state index contributed by atoms with van der Waals surface area (Å²) in [6, 6.07) is 4.81. The van der Waals surface area contributed by atoms with Crippen molar-refractivity contribution in [1.29, 1.82) is 0 Å². The molecule has 0 saturated carbocycles. The zero-order valence-corrected chi connectivity index (χ0v) is 13.1. The number of halogens is 5. The van der Waals surface area contributed by atoms with Crippen LogP contribution in [0.25, 0.3) is 5.82 Å². The van der Waals surface area contributed by atoms with Crippen LogP contribution in [-0.2, 0) is 6.18 Å². The van der Waals surface area contributed by atoms with Gasteiger partial charge in [0.05, 0.1) is 11.8 Å². The van der Waals surface area contributed by atoms with Crippen LogP contribution < -0.4 is 5.32 Å². The number of nitrogens with zero attached hydrogens (tertiary/aromatic N) is 3. The topological polar surface area (TPSA) is 80.0 Å². The van der Waals surface area contributed by atoms with Crippen molar-refractivity contribution in [2.75, 3.05) is 5.32 Å². The summed E-state index contributed by atoms with van der Waals surface area (Å²) in [4.78, 5) is 15.8. The predicted octanol–water partition coefficient (Wildman–Crippen LogP) is 3.52. The Morgan fingerprint density at radius 3 is 2.52 bits per heavy atom. The summed E-state index contributed by atoms with van der Waals surface area (Å²) in [5.41, 5.74) is -2.65. The van der Waals surface area contributed by atoms with E-state index in [4.69, 9.17) is 5.11 Å². The lowest BCUT2D eigenvalue weighted by molar-refractivity contribution is -0.143. The highest BCUT2D eigenvalue weighted by Crippen LogP contribution is 2.34. The summed E-state index contributed by atoms with van der Waals surface area (Å²) in [5.74, 6) is -4.83. The maximum absolute atomic E-state index is 13.8. The normalized spacial score (nSPS) is 11.4. The third-order valence-electron chi connectivity index (χ3n) is 3.43. The van der Waals surface area contributed by atoms with Gasteiger partial charge in [-0.1, -0.05) is 0 Å². The van der Waals surface area contributed by atoms with E-state index in [-0.39, 0.29) is 10.4 Å². The van der Waals surface area contributed by atoms with Crippen LogP contribution in [0.15, 0.2) is 42.7 Å². The molecule has 11 heteroatoms. The number of phenols is 1. The number of carbonyl (C=O) groups excluding carboxylic acids is 1. The quantitative estimate of drug-likeness (QED) is 0.535. The Balaban J connectivity index is 2.04. The number of pyridine rings is 1. The van der Waals surface area contributed by atoms with Gasteiger partial charge in [-0.05, 0) is 24.3 Å². The molecule has 3 aromatic rings. The van der Waals surface area contributed by atoms with Crippen LogP contribution in [-0.4, -0.2) is 25.8 Å². The van der Waals surface area contributed by atoms with Gasteiger partial charge < -0.3 is 10.4 Å². The highest BCUT2D eigenvalue weighted by Gasteiger charge is 2.41. The van der Waals surface area contributed by atoms with Gasteiger partial charge in [-0.25, -0.2) is 18.4 Å². The van der Waals surface area contributed by atoms with Gasteiger partial charge in [0, 0.05) is 18.0 Å². The Morgan fingerprint density at radius 1 is 1.15 bits per heavy atom. The fourth-order valence-corrected chi connectivity index (χ4v) is 2.26. The first-order valence-corrected chi connectivity index (χ1v) is 7.24. The molecule has 2 aromatic heterocycles. The molecule has 0 saturated heterocycles. The van der Waals surface area contributed by atoms with Crippen LogP contribution in [0.4, 0.5) is 27.6 Å². The summed E-state index contributed by atoms with van der Waals surface area (Å²) in [6.07, 6.45) is -3.39. The number of aromatic hydroxyl groups is 1. The number of benzene rings is 1.